The van der Waals surface area contributed by atoms with Crippen LogP contribution >= 0.6 is 0 Å². The lowest BCUT2D eigenvalue weighted by Crippen LogP contribution is -2.42. The predicted octanol–water partition coefficient (Wildman–Crippen LogP) is 1.74. The van der Waals surface area contributed by atoms with Crippen molar-refractivity contribution in [2.45, 2.75) is 31.7 Å². The molecule has 96 valence electrons. The molecule has 0 N–H and O–H groups in total. The molecule has 0 atom stereocenters. The molecule has 0 radical (unpaired) electrons. The Morgan fingerprint density at radius 3 is 2.00 bits per heavy atom. The van der Waals surface area contributed by atoms with Crippen LogP contribution in [0.1, 0.15) is 25.7 Å². The van der Waals surface area contributed by atoms with E-state index < -0.39 is 8.80 Å². The highest BCUT2D eigenvalue weighted by Gasteiger charge is 2.36. The van der Waals surface area contributed by atoms with Crippen LogP contribution in [-0.2, 0) is 13.3 Å². The van der Waals surface area contributed by atoms with Crippen LogP contribution in [0.25, 0.3) is 0 Å². The van der Waals surface area contributed by atoms with E-state index in [0.29, 0.717) is 0 Å². The fourth-order valence-corrected chi connectivity index (χ4v) is 4.03. The Balaban J connectivity index is 2.12. The van der Waals surface area contributed by atoms with Crippen LogP contribution < -0.4 is 0 Å². The molecule has 1 fully saturated rings. The lowest BCUT2D eigenvalue weighted by atomic mass is 10.3. The Morgan fingerprint density at radius 1 is 0.938 bits per heavy atom. The standard InChI is InChI=1S/C11H25NO3Si/c1-13-16(14-2,15-3)11-7-6-10-12-8-4-5-9-12/h4-11H2,1-3H3. The highest BCUT2D eigenvalue weighted by Crippen LogP contribution is 2.17. The van der Waals surface area contributed by atoms with Gasteiger partial charge >= 0.3 is 8.80 Å². The maximum Gasteiger partial charge on any atom is 0.500 e. The first-order valence-corrected chi connectivity index (χ1v) is 8.07. The summed E-state index contributed by atoms with van der Waals surface area (Å²) in [5.41, 5.74) is 0. The van der Waals surface area contributed by atoms with E-state index in [9.17, 15) is 0 Å². The Labute approximate surface area is 100 Å². The summed E-state index contributed by atoms with van der Waals surface area (Å²) in [5.74, 6) is 0. The van der Waals surface area contributed by atoms with Crippen molar-refractivity contribution in [1.82, 2.24) is 4.90 Å². The van der Waals surface area contributed by atoms with Crippen molar-refractivity contribution in [1.29, 1.82) is 0 Å². The van der Waals surface area contributed by atoms with Gasteiger partial charge in [-0.1, -0.05) is 0 Å². The second-order valence-electron chi connectivity index (χ2n) is 4.30. The van der Waals surface area contributed by atoms with Gasteiger partial charge in [0.1, 0.15) is 0 Å². The topological polar surface area (TPSA) is 30.9 Å². The number of hydrogen-bond acceptors (Lipinski definition) is 4. The van der Waals surface area contributed by atoms with Gasteiger partial charge in [0.25, 0.3) is 0 Å². The van der Waals surface area contributed by atoms with Crippen molar-refractivity contribution in [3.05, 3.63) is 0 Å². The number of unbranched alkanes of at least 4 members (excludes halogenated alkanes) is 1. The van der Waals surface area contributed by atoms with Crippen LogP contribution in [0.5, 0.6) is 0 Å². The van der Waals surface area contributed by atoms with Gasteiger partial charge in [0.2, 0.25) is 0 Å². The smallest absolute Gasteiger partial charge is 0.377 e. The minimum atomic E-state index is -2.31. The molecule has 0 aliphatic carbocycles. The van der Waals surface area contributed by atoms with Gasteiger partial charge in [0.05, 0.1) is 0 Å². The van der Waals surface area contributed by atoms with E-state index in [-0.39, 0.29) is 0 Å². The van der Waals surface area contributed by atoms with Gasteiger partial charge in [-0.3, -0.25) is 0 Å². The molecule has 0 saturated carbocycles. The van der Waals surface area contributed by atoms with E-state index >= 15 is 0 Å². The zero-order valence-electron chi connectivity index (χ0n) is 10.8. The molecule has 0 spiro atoms. The molecule has 0 aromatic carbocycles. The van der Waals surface area contributed by atoms with Crippen LogP contribution in [0, 0.1) is 0 Å². The molecule has 1 heterocycles. The van der Waals surface area contributed by atoms with Gasteiger partial charge in [0, 0.05) is 27.4 Å². The average molecular weight is 247 g/mol. The lowest BCUT2D eigenvalue weighted by molar-refractivity contribution is 0.122. The van der Waals surface area contributed by atoms with Crippen molar-refractivity contribution in [3.63, 3.8) is 0 Å². The molecule has 1 rings (SSSR count). The van der Waals surface area contributed by atoms with Gasteiger partial charge in [0.15, 0.2) is 0 Å². The minimum absolute atomic E-state index is 0.921. The zero-order valence-corrected chi connectivity index (χ0v) is 11.8. The number of rotatable bonds is 8. The highest BCUT2D eigenvalue weighted by atomic mass is 28.4. The van der Waals surface area contributed by atoms with Crippen LogP contribution in [-0.4, -0.2) is 54.7 Å². The zero-order chi connectivity index (χ0) is 11.9. The van der Waals surface area contributed by atoms with Crippen LogP contribution in [0.3, 0.4) is 0 Å². The van der Waals surface area contributed by atoms with Gasteiger partial charge < -0.3 is 18.2 Å². The highest BCUT2D eigenvalue weighted by molar-refractivity contribution is 6.60. The second-order valence-corrected chi connectivity index (χ2v) is 7.39. The van der Waals surface area contributed by atoms with Gasteiger partial charge in [-0.2, -0.15) is 0 Å². The molecule has 0 aromatic rings. The summed E-state index contributed by atoms with van der Waals surface area (Å²) >= 11 is 0. The summed E-state index contributed by atoms with van der Waals surface area (Å²) in [5, 5.41) is 0. The first-order chi connectivity index (χ1) is 7.76. The first-order valence-electron chi connectivity index (χ1n) is 6.14. The van der Waals surface area contributed by atoms with Crippen LogP contribution in [0.4, 0.5) is 0 Å². The van der Waals surface area contributed by atoms with Crippen molar-refractivity contribution in [2.75, 3.05) is 41.0 Å². The van der Waals surface area contributed by atoms with Gasteiger partial charge in [-0.05, 0) is 45.3 Å². The summed E-state index contributed by atoms with van der Waals surface area (Å²) < 4.78 is 16.2. The van der Waals surface area contributed by atoms with Gasteiger partial charge in [-0.25, -0.2) is 0 Å². The summed E-state index contributed by atoms with van der Waals surface area (Å²) in [6, 6.07) is 0.921. The Morgan fingerprint density at radius 2 is 1.50 bits per heavy atom. The number of hydrogen-bond donors (Lipinski definition) is 0. The molecule has 0 aromatic heterocycles. The lowest BCUT2D eigenvalue weighted by Gasteiger charge is -2.24. The quantitative estimate of drug-likeness (QED) is 0.483. The summed E-state index contributed by atoms with van der Waals surface area (Å²) in [6.45, 7) is 3.77. The Hall–Kier alpha value is 0.0569. The third-order valence-electron chi connectivity index (χ3n) is 3.34. The summed E-state index contributed by atoms with van der Waals surface area (Å²) in [7, 11) is 2.73. The average Bonchev–Trinajstić information content (AvgIpc) is 2.83. The molecule has 0 bridgehead atoms. The molecule has 1 saturated heterocycles. The molecular formula is C11H25NO3Si. The van der Waals surface area contributed by atoms with E-state index in [4.69, 9.17) is 13.3 Å². The molecule has 0 amide bonds. The molecule has 1 aliphatic heterocycles. The van der Waals surface area contributed by atoms with Crippen molar-refractivity contribution >= 4 is 8.80 Å². The molecule has 4 nitrogen and oxygen atoms in total. The van der Waals surface area contributed by atoms with E-state index in [1.54, 1.807) is 21.3 Å². The van der Waals surface area contributed by atoms with Gasteiger partial charge in [-0.15, -0.1) is 0 Å². The van der Waals surface area contributed by atoms with Crippen molar-refractivity contribution in [2.24, 2.45) is 0 Å². The predicted molar refractivity (Wildman–Crippen MR) is 66.5 cm³/mol. The number of likely N-dealkylation sites (tertiary alicyclic amines) is 1. The van der Waals surface area contributed by atoms with Crippen molar-refractivity contribution in [3.8, 4) is 0 Å². The largest absolute Gasteiger partial charge is 0.500 e. The van der Waals surface area contributed by atoms with E-state index in [2.05, 4.69) is 4.90 Å². The summed E-state index contributed by atoms with van der Waals surface area (Å²) in [6.07, 6.45) is 5.07. The van der Waals surface area contributed by atoms with E-state index in [1.807, 2.05) is 0 Å². The molecule has 0 unspecified atom stereocenters. The molecule has 5 heteroatoms. The fourth-order valence-electron chi connectivity index (χ4n) is 2.24. The minimum Gasteiger partial charge on any atom is -0.377 e. The SMILES string of the molecule is CO[Si](CCCCN1CCCC1)(OC)OC. The second kappa shape index (κ2) is 7.40. The van der Waals surface area contributed by atoms with Crippen LogP contribution in [0.15, 0.2) is 0 Å². The number of nitrogens with zero attached hydrogens (tertiary/aromatic N) is 1. The Kier molecular flexibility index (Phi) is 6.53. The first kappa shape index (κ1) is 14.1. The van der Waals surface area contributed by atoms with Crippen LogP contribution in [0.2, 0.25) is 6.04 Å². The molecule has 16 heavy (non-hydrogen) atoms. The third-order valence-corrected chi connectivity index (χ3v) is 6.17. The van der Waals surface area contributed by atoms with E-state index in [1.165, 1.54) is 38.9 Å². The normalized spacial score (nSPS) is 18.2. The maximum atomic E-state index is 5.39. The maximum absolute atomic E-state index is 5.39. The van der Waals surface area contributed by atoms with Crippen molar-refractivity contribution < 1.29 is 13.3 Å². The fraction of sp³-hybridized carbons (Fsp3) is 1.00. The third kappa shape index (κ3) is 4.14. The summed E-state index contributed by atoms with van der Waals surface area (Å²) in [4.78, 5) is 2.54. The Bertz CT molecular complexity index is 174. The molecule has 1 aliphatic rings. The van der Waals surface area contributed by atoms with E-state index in [0.717, 1.165) is 12.5 Å². The monoisotopic (exact) mass is 247 g/mol. The molecular weight excluding hydrogens is 222 g/mol.